The van der Waals surface area contributed by atoms with Crippen LogP contribution < -0.4 is 11.1 Å². The third-order valence-electron chi connectivity index (χ3n) is 8.19. The van der Waals surface area contributed by atoms with E-state index in [1.54, 1.807) is 6.08 Å². The lowest BCUT2D eigenvalue weighted by atomic mass is 10.1. The maximum Gasteiger partial charge on any atom is 0.472 e. The van der Waals surface area contributed by atoms with Gasteiger partial charge in [-0.05, 0) is 57.8 Å². The normalized spacial score (nSPS) is 14.7. The predicted octanol–water partition coefficient (Wildman–Crippen LogP) is 10.00. The fourth-order valence-corrected chi connectivity index (χ4v) is 6.02. The summed E-state index contributed by atoms with van der Waals surface area (Å²) in [5.41, 5.74) is 5.35. The van der Waals surface area contributed by atoms with E-state index in [1.165, 1.54) is 96.3 Å². The summed E-state index contributed by atoms with van der Waals surface area (Å²) >= 11 is 0. The topological polar surface area (TPSA) is 131 Å². The number of allylic oxidation sites excluding steroid dienone is 5. The molecule has 1 amide bonds. The van der Waals surface area contributed by atoms with E-state index in [4.69, 9.17) is 14.8 Å². The molecule has 3 atom stereocenters. The molecule has 0 radical (unpaired) electrons. The van der Waals surface area contributed by atoms with Crippen LogP contribution in [0.2, 0.25) is 0 Å². The standard InChI is InChI=1S/C38H73N2O6P/c1-3-5-7-9-11-13-15-17-19-21-23-25-27-29-31-37(41)36(35-46-47(43,44)45-34-33-39)40-38(42)32-30-28-26-24-22-20-18-16-14-12-10-8-6-4-2/h16,18,21,23,29,31,36-37,41H,3-15,17,19-20,22,24-28,30,32-35,39H2,1-2H3,(H,40,42)(H,43,44)/b18-16-,23-21+,31-29+. The third kappa shape index (κ3) is 33.0. The molecule has 0 heterocycles. The summed E-state index contributed by atoms with van der Waals surface area (Å²) in [7, 11) is -4.34. The predicted molar refractivity (Wildman–Crippen MR) is 198 cm³/mol. The zero-order valence-corrected chi connectivity index (χ0v) is 31.2. The smallest absolute Gasteiger partial charge is 0.387 e. The van der Waals surface area contributed by atoms with Crippen molar-refractivity contribution in [2.24, 2.45) is 5.73 Å². The van der Waals surface area contributed by atoms with Gasteiger partial charge in [0, 0.05) is 13.0 Å². The average molecular weight is 685 g/mol. The van der Waals surface area contributed by atoms with Gasteiger partial charge in [-0.2, -0.15) is 0 Å². The largest absolute Gasteiger partial charge is 0.472 e. The molecule has 0 aliphatic carbocycles. The highest BCUT2D eigenvalue weighted by Crippen LogP contribution is 2.43. The molecule has 0 saturated heterocycles. The minimum Gasteiger partial charge on any atom is -0.387 e. The molecule has 0 rings (SSSR count). The van der Waals surface area contributed by atoms with Crippen molar-refractivity contribution in [3.8, 4) is 0 Å². The van der Waals surface area contributed by atoms with E-state index < -0.39 is 20.0 Å². The molecule has 0 aliphatic rings. The van der Waals surface area contributed by atoms with Crippen LogP contribution in [0.15, 0.2) is 36.5 Å². The van der Waals surface area contributed by atoms with Crippen molar-refractivity contribution in [3.05, 3.63) is 36.5 Å². The molecule has 0 fully saturated rings. The van der Waals surface area contributed by atoms with E-state index in [1.807, 2.05) is 6.08 Å². The number of aliphatic hydroxyl groups excluding tert-OH is 1. The number of amides is 1. The van der Waals surface area contributed by atoms with E-state index >= 15 is 0 Å². The molecule has 0 spiro atoms. The van der Waals surface area contributed by atoms with Crippen LogP contribution in [0.3, 0.4) is 0 Å². The first-order valence-electron chi connectivity index (χ1n) is 19.1. The molecule has 0 bridgehead atoms. The minimum absolute atomic E-state index is 0.0723. The summed E-state index contributed by atoms with van der Waals surface area (Å²) in [6.45, 7) is 4.07. The highest BCUT2D eigenvalue weighted by atomic mass is 31.2. The minimum atomic E-state index is -4.34. The summed E-state index contributed by atoms with van der Waals surface area (Å²) in [6, 6.07) is -0.878. The van der Waals surface area contributed by atoms with Crippen molar-refractivity contribution in [3.63, 3.8) is 0 Å². The highest BCUT2D eigenvalue weighted by molar-refractivity contribution is 7.47. The Labute approximate surface area is 289 Å². The number of nitrogens with one attached hydrogen (secondary N) is 1. The molecule has 0 aliphatic heterocycles. The molecule has 9 heteroatoms. The van der Waals surface area contributed by atoms with Crippen LogP contribution in [-0.4, -0.2) is 47.8 Å². The lowest BCUT2D eigenvalue weighted by Crippen LogP contribution is -2.45. The lowest BCUT2D eigenvalue weighted by molar-refractivity contribution is -0.123. The lowest BCUT2D eigenvalue weighted by Gasteiger charge is -2.23. The van der Waals surface area contributed by atoms with Gasteiger partial charge in [0.25, 0.3) is 0 Å². The zero-order chi connectivity index (χ0) is 34.7. The number of aliphatic hydroxyl groups is 1. The van der Waals surface area contributed by atoms with Crippen LogP contribution >= 0.6 is 7.82 Å². The Balaban J connectivity index is 4.39. The van der Waals surface area contributed by atoms with Gasteiger partial charge in [0.05, 0.1) is 25.4 Å². The summed E-state index contributed by atoms with van der Waals surface area (Å²) in [5.74, 6) is -0.215. The van der Waals surface area contributed by atoms with Gasteiger partial charge in [0.2, 0.25) is 5.91 Å². The number of carbonyl (C=O) groups excluding carboxylic acids is 1. The average Bonchev–Trinajstić information content (AvgIpc) is 3.05. The molecule has 0 aromatic carbocycles. The van der Waals surface area contributed by atoms with E-state index in [0.29, 0.717) is 6.42 Å². The number of hydrogen-bond donors (Lipinski definition) is 4. The van der Waals surface area contributed by atoms with E-state index in [-0.39, 0.29) is 25.7 Å². The van der Waals surface area contributed by atoms with Crippen molar-refractivity contribution >= 4 is 13.7 Å². The van der Waals surface area contributed by atoms with Crippen molar-refractivity contribution in [2.45, 2.75) is 180 Å². The van der Waals surface area contributed by atoms with Gasteiger partial charge in [-0.3, -0.25) is 13.8 Å². The van der Waals surface area contributed by atoms with Crippen molar-refractivity contribution < 1.29 is 28.4 Å². The first kappa shape index (κ1) is 45.7. The Morgan fingerprint density at radius 1 is 0.681 bits per heavy atom. The van der Waals surface area contributed by atoms with Gasteiger partial charge in [-0.25, -0.2) is 4.57 Å². The van der Waals surface area contributed by atoms with Crippen LogP contribution in [0.25, 0.3) is 0 Å². The van der Waals surface area contributed by atoms with Crippen molar-refractivity contribution in [1.29, 1.82) is 0 Å². The second-order valence-corrected chi connectivity index (χ2v) is 14.2. The zero-order valence-electron chi connectivity index (χ0n) is 30.3. The van der Waals surface area contributed by atoms with Gasteiger partial charge < -0.3 is 21.1 Å². The molecular formula is C38H73N2O6P. The Bertz CT molecular complexity index is 835. The van der Waals surface area contributed by atoms with E-state index in [0.717, 1.165) is 51.4 Å². The van der Waals surface area contributed by atoms with Crippen LogP contribution in [-0.2, 0) is 18.4 Å². The number of unbranched alkanes of at least 4 members (excludes halogenated alkanes) is 19. The number of phosphoric ester groups is 1. The van der Waals surface area contributed by atoms with E-state index in [9.17, 15) is 19.4 Å². The molecule has 5 N–H and O–H groups in total. The Hall–Kier alpha value is -1.28. The number of rotatable bonds is 35. The third-order valence-corrected chi connectivity index (χ3v) is 9.17. The summed E-state index contributed by atoms with van der Waals surface area (Å²) in [6.07, 6.45) is 39.0. The highest BCUT2D eigenvalue weighted by Gasteiger charge is 2.26. The summed E-state index contributed by atoms with van der Waals surface area (Å²) in [4.78, 5) is 22.6. The molecule has 0 aromatic rings. The number of carbonyl (C=O) groups is 1. The van der Waals surface area contributed by atoms with Gasteiger partial charge in [0.1, 0.15) is 0 Å². The Morgan fingerprint density at radius 3 is 1.64 bits per heavy atom. The first-order valence-corrected chi connectivity index (χ1v) is 20.6. The fraction of sp³-hybridized carbons (Fsp3) is 0.816. The monoisotopic (exact) mass is 685 g/mol. The summed E-state index contributed by atoms with van der Waals surface area (Å²) < 4.78 is 22.0. The molecular weight excluding hydrogens is 611 g/mol. The quantitative estimate of drug-likeness (QED) is 0.0297. The number of phosphoric acid groups is 1. The molecule has 0 aromatic heterocycles. The fourth-order valence-electron chi connectivity index (χ4n) is 5.26. The summed E-state index contributed by atoms with van der Waals surface area (Å²) in [5, 5.41) is 13.6. The maximum atomic E-state index is 12.7. The van der Waals surface area contributed by atoms with Crippen molar-refractivity contribution in [2.75, 3.05) is 19.8 Å². The van der Waals surface area contributed by atoms with E-state index in [2.05, 4.69) is 43.5 Å². The molecule has 8 nitrogen and oxygen atoms in total. The SMILES string of the molecule is CCCCCCC/C=C\CCCCCCCC(=O)NC(COP(=O)(O)OCCN)C(O)/C=C/CC/C=C/CCCCCCCCCC. The van der Waals surface area contributed by atoms with Crippen LogP contribution in [0.5, 0.6) is 0 Å². The molecule has 47 heavy (non-hydrogen) atoms. The van der Waals surface area contributed by atoms with Gasteiger partial charge >= 0.3 is 7.82 Å². The second-order valence-electron chi connectivity index (χ2n) is 12.8. The first-order chi connectivity index (χ1) is 22.9. The van der Waals surface area contributed by atoms with Crippen LogP contribution in [0.4, 0.5) is 0 Å². The molecule has 0 saturated carbocycles. The van der Waals surface area contributed by atoms with Crippen LogP contribution in [0.1, 0.15) is 168 Å². The number of nitrogens with two attached hydrogens (primary N) is 1. The van der Waals surface area contributed by atoms with Gasteiger partial charge in [-0.15, -0.1) is 0 Å². The van der Waals surface area contributed by atoms with Gasteiger partial charge in [-0.1, -0.05) is 140 Å². The Morgan fingerprint density at radius 2 is 1.13 bits per heavy atom. The number of hydrogen-bond acceptors (Lipinski definition) is 6. The van der Waals surface area contributed by atoms with Crippen LogP contribution in [0, 0.1) is 0 Å². The van der Waals surface area contributed by atoms with Gasteiger partial charge in [0.15, 0.2) is 0 Å². The molecule has 276 valence electrons. The van der Waals surface area contributed by atoms with Crippen molar-refractivity contribution in [1.82, 2.24) is 5.32 Å². The second kappa shape index (κ2) is 34.6. The molecule has 3 unspecified atom stereocenters. The Kier molecular flexibility index (Phi) is 33.6. The maximum absolute atomic E-state index is 12.7.